The molecule has 2 heterocycles. The fourth-order valence-corrected chi connectivity index (χ4v) is 2.92. The highest BCUT2D eigenvalue weighted by Gasteiger charge is 2.23. The van der Waals surface area contributed by atoms with E-state index < -0.39 is 0 Å². The van der Waals surface area contributed by atoms with Gasteiger partial charge in [0.15, 0.2) is 0 Å². The van der Waals surface area contributed by atoms with Crippen molar-refractivity contribution in [3.05, 3.63) is 48.3 Å². The monoisotopic (exact) mass is 299 g/mol. The van der Waals surface area contributed by atoms with Gasteiger partial charge in [0.2, 0.25) is 5.91 Å². The molecule has 1 aliphatic rings. The summed E-state index contributed by atoms with van der Waals surface area (Å²) in [5.74, 6) is -0.263. The van der Waals surface area contributed by atoms with Crippen LogP contribution >= 0.6 is 11.8 Å². The zero-order valence-corrected chi connectivity index (χ0v) is 12.1. The standard InChI is InChI=1S/C15H13N3O2S/c1-9-14(19)18-12-8-10(2-3-13(12)21-9)15(20)17-11-4-6-16-7-5-11/h2-9H,1H3,(H,18,19)(H,16,17,20). The average molecular weight is 299 g/mol. The van der Waals surface area contributed by atoms with Crippen LogP contribution < -0.4 is 10.6 Å². The first-order valence-corrected chi connectivity index (χ1v) is 7.34. The van der Waals surface area contributed by atoms with Crippen LogP contribution in [0, 0.1) is 0 Å². The number of nitrogens with one attached hydrogen (secondary N) is 2. The van der Waals surface area contributed by atoms with Gasteiger partial charge in [-0.05, 0) is 37.3 Å². The van der Waals surface area contributed by atoms with E-state index in [4.69, 9.17) is 0 Å². The fourth-order valence-electron chi connectivity index (χ4n) is 1.99. The van der Waals surface area contributed by atoms with E-state index in [0.717, 1.165) is 4.90 Å². The molecule has 2 N–H and O–H groups in total. The number of anilines is 2. The number of pyridine rings is 1. The molecule has 1 aromatic carbocycles. The average Bonchev–Trinajstić information content (AvgIpc) is 2.49. The second-order valence-electron chi connectivity index (χ2n) is 4.65. The first-order chi connectivity index (χ1) is 10.1. The molecule has 0 saturated carbocycles. The Balaban J connectivity index is 1.82. The third-order valence-corrected chi connectivity index (χ3v) is 4.29. The number of thioether (sulfide) groups is 1. The van der Waals surface area contributed by atoms with Gasteiger partial charge < -0.3 is 10.6 Å². The number of hydrogen-bond donors (Lipinski definition) is 2. The lowest BCUT2D eigenvalue weighted by atomic mass is 10.1. The Morgan fingerprint density at radius 3 is 2.81 bits per heavy atom. The van der Waals surface area contributed by atoms with E-state index in [1.807, 2.05) is 13.0 Å². The van der Waals surface area contributed by atoms with Crippen LogP contribution in [0.2, 0.25) is 0 Å². The minimum absolute atomic E-state index is 0.0424. The van der Waals surface area contributed by atoms with Gasteiger partial charge >= 0.3 is 0 Å². The van der Waals surface area contributed by atoms with Crippen molar-refractivity contribution in [1.29, 1.82) is 0 Å². The van der Waals surface area contributed by atoms with Crippen LogP contribution in [0.4, 0.5) is 11.4 Å². The molecule has 0 fully saturated rings. The largest absolute Gasteiger partial charge is 0.324 e. The number of hydrogen-bond acceptors (Lipinski definition) is 4. The Morgan fingerprint density at radius 1 is 1.29 bits per heavy atom. The first-order valence-electron chi connectivity index (χ1n) is 6.46. The number of benzene rings is 1. The van der Waals surface area contributed by atoms with E-state index >= 15 is 0 Å². The normalized spacial score (nSPS) is 16.8. The van der Waals surface area contributed by atoms with Crippen molar-refractivity contribution in [1.82, 2.24) is 4.98 Å². The van der Waals surface area contributed by atoms with Gasteiger partial charge in [0.25, 0.3) is 5.91 Å². The van der Waals surface area contributed by atoms with E-state index in [-0.39, 0.29) is 17.1 Å². The summed E-state index contributed by atoms with van der Waals surface area (Å²) in [4.78, 5) is 28.8. The van der Waals surface area contributed by atoms with Gasteiger partial charge in [0, 0.05) is 28.5 Å². The molecule has 1 unspecified atom stereocenters. The predicted molar refractivity (Wildman–Crippen MR) is 82.6 cm³/mol. The molecule has 2 aromatic rings. The van der Waals surface area contributed by atoms with Crippen LogP contribution in [-0.2, 0) is 4.79 Å². The van der Waals surface area contributed by atoms with Crippen LogP contribution in [0.1, 0.15) is 17.3 Å². The van der Waals surface area contributed by atoms with Gasteiger partial charge in [0.1, 0.15) is 0 Å². The van der Waals surface area contributed by atoms with Gasteiger partial charge in [-0.2, -0.15) is 0 Å². The highest BCUT2D eigenvalue weighted by Crippen LogP contribution is 2.35. The molecule has 0 saturated heterocycles. The lowest BCUT2D eigenvalue weighted by molar-refractivity contribution is -0.115. The summed E-state index contributed by atoms with van der Waals surface area (Å²) in [6.07, 6.45) is 3.22. The van der Waals surface area contributed by atoms with Gasteiger partial charge in [0.05, 0.1) is 10.9 Å². The smallest absolute Gasteiger partial charge is 0.255 e. The van der Waals surface area contributed by atoms with Crippen molar-refractivity contribution in [2.24, 2.45) is 0 Å². The number of amides is 2. The molecule has 6 heteroatoms. The number of carbonyl (C=O) groups excluding carboxylic acids is 2. The molecule has 0 radical (unpaired) electrons. The van der Waals surface area contributed by atoms with Crippen molar-refractivity contribution < 1.29 is 9.59 Å². The Bertz CT molecular complexity index is 703. The van der Waals surface area contributed by atoms with Gasteiger partial charge in [-0.15, -0.1) is 11.8 Å². The van der Waals surface area contributed by atoms with Gasteiger partial charge in [-0.3, -0.25) is 14.6 Å². The Kier molecular flexibility index (Phi) is 3.62. The lowest BCUT2D eigenvalue weighted by Gasteiger charge is -2.21. The van der Waals surface area contributed by atoms with Crippen molar-refractivity contribution in [3.8, 4) is 0 Å². The number of nitrogens with zero attached hydrogens (tertiary/aromatic N) is 1. The van der Waals surface area contributed by atoms with Crippen LogP contribution in [-0.4, -0.2) is 22.0 Å². The SMILES string of the molecule is CC1Sc2ccc(C(=O)Nc3ccncc3)cc2NC1=O. The minimum atomic E-state index is -0.220. The summed E-state index contributed by atoms with van der Waals surface area (Å²) in [5, 5.41) is 5.49. The van der Waals surface area contributed by atoms with Gasteiger partial charge in [-0.25, -0.2) is 0 Å². The summed E-state index contributed by atoms with van der Waals surface area (Å²) in [6.45, 7) is 1.85. The molecular weight excluding hydrogens is 286 g/mol. The van der Waals surface area contributed by atoms with Crippen LogP contribution in [0.3, 0.4) is 0 Å². The Morgan fingerprint density at radius 2 is 2.05 bits per heavy atom. The molecule has 21 heavy (non-hydrogen) atoms. The fraction of sp³-hybridized carbons (Fsp3) is 0.133. The maximum atomic E-state index is 12.2. The molecule has 1 aromatic heterocycles. The molecule has 5 nitrogen and oxygen atoms in total. The summed E-state index contributed by atoms with van der Waals surface area (Å²) >= 11 is 1.49. The maximum absolute atomic E-state index is 12.2. The maximum Gasteiger partial charge on any atom is 0.255 e. The van der Waals surface area contributed by atoms with Crippen LogP contribution in [0.25, 0.3) is 0 Å². The summed E-state index contributed by atoms with van der Waals surface area (Å²) in [7, 11) is 0. The minimum Gasteiger partial charge on any atom is -0.324 e. The van der Waals surface area contributed by atoms with Crippen molar-refractivity contribution >= 4 is 35.0 Å². The van der Waals surface area contributed by atoms with E-state index in [1.54, 1.807) is 36.7 Å². The van der Waals surface area contributed by atoms with E-state index in [9.17, 15) is 9.59 Å². The molecular formula is C15H13N3O2S. The molecule has 0 bridgehead atoms. The first kappa shape index (κ1) is 13.6. The lowest BCUT2D eigenvalue weighted by Crippen LogP contribution is -2.26. The van der Waals surface area contributed by atoms with Crippen molar-refractivity contribution in [3.63, 3.8) is 0 Å². The predicted octanol–water partition coefficient (Wildman–Crippen LogP) is 2.77. The third-order valence-electron chi connectivity index (χ3n) is 3.11. The van der Waals surface area contributed by atoms with E-state index in [0.29, 0.717) is 16.9 Å². The van der Waals surface area contributed by atoms with Gasteiger partial charge in [-0.1, -0.05) is 0 Å². The Hall–Kier alpha value is -2.34. The summed E-state index contributed by atoms with van der Waals surface area (Å²) in [6, 6.07) is 8.75. The number of carbonyl (C=O) groups is 2. The zero-order chi connectivity index (χ0) is 14.8. The van der Waals surface area contributed by atoms with Crippen LogP contribution in [0.15, 0.2) is 47.6 Å². The zero-order valence-electron chi connectivity index (χ0n) is 11.3. The Labute approximate surface area is 126 Å². The summed E-state index contributed by atoms with van der Waals surface area (Å²) < 4.78 is 0. The third kappa shape index (κ3) is 2.90. The topological polar surface area (TPSA) is 71.1 Å². The number of aromatic nitrogens is 1. The quantitative estimate of drug-likeness (QED) is 0.894. The van der Waals surface area contributed by atoms with E-state index in [1.165, 1.54) is 11.8 Å². The summed E-state index contributed by atoms with van der Waals surface area (Å²) in [5.41, 5.74) is 1.87. The molecule has 1 aliphatic heterocycles. The second-order valence-corrected chi connectivity index (χ2v) is 6.03. The molecule has 2 amide bonds. The molecule has 0 spiro atoms. The van der Waals surface area contributed by atoms with E-state index in [2.05, 4.69) is 15.6 Å². The molecule has 0 aliphatic carbocycles. The highest BCUT2D eigenvalue weighted by atomic mass is 32.2. The molecule has 1 atom stereocenters. The van der Waals surface area contributed by atoms with Crippen molar-refractivity contribution in [2.75, 3.05) is 10.6 Å². The van der Waals surface area contributed by atoms with Crippen molar-refractivity contribution in [2.45, 2.75) is 17.1 Å². The van der Waals surface area contributed by atoms with Crippen LogP contribution in [0.5, 0.6) is 0 Å². The second kappa shape index (κ2) is 5.57. The molecule has 106 valence electrons. The highest BCUT2D eigenvalue weighted by molar-refractivity contribution is 8.00. The molecule has 3 rings (SSSR count). The number of fused-ring (bicyclic) bond motifs is 1. The number of rotatable bonds is 2.